The Kier molecular flexibility index (Phi) is 21.0. The van der Waals surface area contributed by atoms with E-state index in [9.17, 15) is 33.6 Å². The average molecular weight is 987 g/mol. The lowest BCUT2D eigenvalue weighted by Gasteiger charge is -2.64. The molecule has 14 N–H and O–H groups in total. The highest BCUT2D eigenvalue weighted by Gasteiger charge is 2.68. The minimum absolute atomic E-state index is 0.0243. The molecule has 9 atom stereocenters. The number of carbonyl (C=O) groups is 7. The van der Waals surface area contributed by atoms with Gasteiger partial charge in [-0.2, -0.15) is 0 Å². The molecule has 7 amide bonds. The Morgan fingerprint density at radius 3 is 1.86 bits per heavy atom. The number of hydrogen-bond acceptors (Lipinski definition) is 12. The monoisotopic (exact) mass is 987 g/mol. The minimum atomic E-state index is -1.68. The van der Waals surface area contributed by atoms with Gasteiger partial charge in [0, 0.05) is 24.9 Å². The van der Waals surface area contributed by atoms with Crippen molar-refractivity contribution >= 4 is 48.5 Å². The second-order valence-corrected chi connectivity index (χ2v) is 20.3. The number of nitrogens with two attached hydrogens (primary N) is 4. The first kappa shape index (κ1) is 56.5. The van der Waals surface area contributed by atoms with Gasteiger partial charge in [0.25, 0.3) is 11.8 Å². The Morgan fingerprint density at radius 1 is 0.704 bits per heavy atom. The lowest BCUT2D eigenvalue weighted by Crippen LogP contribution is -2.65. The Hall–Kier alpha value is -5.41. The van der Waals surface area contributed by atoms with Gasteiger partial charge in [-0.1, -0.05) is 63.6 Å². The van der Waals surface area contributed by atoms with E-state index in [1.165, 1.54) is 5.56 Å². The second kappa shape index (κ2) is 26.3. The van der Waals surface area contributed by atoms with Crippen molar-refractivity contribution in [3.8, 4) is 11.1 Å². The molecule has 1 saturated heterocycles. The van der Waals surface area contributed by atoms with Gasteiger partial charge in [0.1, 0.15) is 18.1 Å². The molecule has 0 spiro atoms. The van der Waals surface area contributed by atoms with Crippen molar-refractivity contribution < 1.29 is 42.9 Å². The van der Waals surface area contributed by atoms with Crippen molar-refractivity contribution in [2.45, 2.75) is 166 Å². The van der Waals surface area contributed by atoms with Gasteiger partial charge in [0.2, 0.25) is 29.5 Å². The van der Waals surface area contributed by atoms with Crippen molar-refractivity contribution in [1.29, 1.82) is 0 Å². The molecule has 19 nitrogen and oxygen atoms in total. The van der Waals surface area contributed by atoms with Gasteiger partial charge in [0.05, 0.1) is 17.6 Å². The van der Waals surface area contributed by atoms with Crippen LogP contribution in [0.5, 0.6) is 0 Å². The molecule has 0 aromatic heterocycles. The van der Waals surface area contributed by atoms with Crippen LogP contribution < -0.4 is 54.8 Å². The summed E-state index contributed by atoms with van der Waals surface area (Å²) in [6.07, 6.45) is 5.21. The van der Waals surface area contributed by atoms with Crippen LogP contribution in [0.4, 0.5) is 0 Å². The van der Waals surface area contributed by atoms with E-state index in [4.69, 9.17) is 32.2 Å². The van der Waals surface area contributed by atoms with Crippen LogP contribution in [0, 0.1) is 17.3 Å². The summed E-state index contributed by atoms with van der Waals surface area (Å²) in [7, 11) is -0.695. The molecule has 390 valence electrons. The summed E-state index contributed by atoms with van der Waals surface area (Å²) in [6.45, 7) is 11.2. The summed E-state index contributed by atoms with van der Waals surface area (Å²) in [4.78, 5) is 92.7. The molecule has 3 aliphatic carbocycles. The Balaban J connectivity index is 1.14. The predicted octanol–water partition coefficient (Wildman–Crippen LogP) is 1.97. The smallest absolute Gasteiger partial charge is 0.404 e. The Morgan fingerprint density at radius 2 is 1.27 bits per heavy atom. The number of amides is 7. The third-order valence-electron chi connectivity index (χ3n) is 14.7. The largest absolute Gasteiger partial charge is 0.481 e. The minimum Gasteiger partial charge on any atom is -0.404 e. The summed E-state index contributed by atoms with van der Waals surface area (Å²) in [5.74, 6) is -4.38. The van der Waals surface area contributed by atoms with E-state index in [0.717, 1.165) is 43.2 Å². The first-order valence-corrected chi connectivity index (χ1v) is 25.6. The van der Waals surface area contributed by atoms with Crippen LogP contribution in [0.1, 0.15) is 134 Å². The molecule has 0 radical (unpaired) electrons. The SMILES string of the molecule is CCCCc1ccc(-c2ccc(C(=O)NCCC(=O)N[C@@H](CCCCN)C(=O)N[C@@H](CCC(N)=O)C(=O)N[C@@H](N)C(=O)N[C@@H](CCCCN)C(=O)N[C@@H](C)B3OC4C[C@@H]5C[C@@H](C5(C)C)[C@]4(C)O3)cc2)cc1. The molecule has 71 heavy (non-hydrogen) atoms. The van der Waals surface area contributed by atoms with Crippen molar-refractivity contribution in [1.82, 2.24) is 31.9 Å². The molecule has 4 aliphatic rings. The molecule has 2 bridgehead atoms. The van der Waals surface area contributed by atoms with Gasteiger partial charge >= 0.3 is 7.12 Å². The molecular formula is C51H79BN10O9. The highest BCUT2D eigenvalue weighted by Crippen LogP contribution is 2.65. The third kappa shape index (κ3) is 15.3. The number of primary amides is 1. The summed E-state index contributed by atoms with van der Waals surface area (Å²) in [5, 5.41) is 16.0. The molecule has 1 heterocycles. The van der Waals surface area contributed by atoms with Crippen LogP contribution in [0.2, 0.25) is 0 Å². The third-order valence-corrected chi connectivity index (χ3v) is 14.7. The predicted molar refractivity (Wildman–Crippen MR) is 271 cm³/mol. The maximum absolute atomic E-state index is 13.8. The van der Waals surface area contributed by atoms with Crippen LogP contribution in [0.3, 0.4) is 0 Å². The highest BCUT2D eigenvalue weighted by atomic mass is 16.7. The molecule has 6 rings (SSSR count). The van der Waals surface area contributed by atoms with Crippen molar-refractivity contribution in [2.75, 3.05) is 19.6 Å². The maximum atomic E-state index is 13.8. The lowest BCUT2D eigenvalue weighted by molar-refractivity contribution is -0.199. The number of aryl methyl sites for hydroxylation is 1. The van der Waals surface area contributed by atoms with Crippen LogP contribution in [0.25, 0.3) is 11.1 Å². The topological polar surface area (TPSA) is 314 Å². The van der Waals surface area contributed by atoms with Crippen LogP contribution in [-0.4, -0.2) is 110 Å². The van der Waals surface area contributed by atoms with Gasteiger partial charge in [0.15, 0.2) is 6.17 Å². The van der Waals surface area contributed by atoms with Gasteiger partial charge in [-0.25, -0.2) is 0 Å². The van der Waals surface area contributed by atoms with Crippen molar-refractivity contribution in [3.05, 3.63) is 59.7 Å². The molecule has 20 heteroatoms. The number of rotatable bonds is 29. The van der Waals surface area contributed by atoms with Gasteiger partial charge in [-0.3, -0.25) is 33.6 Å². The van der Waals surface area contributed by atoms with Gasteiger partial charge in [-0.15, -0.1) is 0 Å². The molecule has 2 aromatic rings. The molecule has 1 aliphatic heterocycles. The zero-order valence-electron chi connectivity index (χ0n) is 42.3. The van der Waals surface area contributed by atoms with E-state index in [2.05, 4.69) is 83.9 Å². The van der Waals surface area contributed by atoms with Gasteiger partial charge < -0.3 is 64.1 Å². The van der Waals surface area contributed by atoms with Crippen LogP contribution in [0.15, 0.2) is 48.5 Å². The van der Waals surface area contributed by atoms with E-state index < -0.39 is 78.4 Å². The fraction of sp³-hybridized carbons (Fsp3) is 0.627. The second-order valence-electron chi connectivity index (χ2n) is 20.3. The molecule has 2 aromatic carbocycles. The van der Waals surface area contributed by atoms with E-state index in [1.807, 2.05) is 12.1 Å². The molecule has 4 fully saturated rings. The lowest BCUT2D eigenvalue weighted by atomic mass is 9.43. The number of unbranched alkanes of at least 4 members (excludes halogenated alkanes) is 3. The highest BCUT2D eigenvalue weighted by molar-refractivity contribution is 6.47. The number of nitrogens with one attached hydrogen (secondary N) is 6. The molecular weight excluding hydrogens is 907 g/mol. The van der Waals surface area contributed by atoms with Crippen LogP contribution >= 0.6 is 0 Å². The van der Waals surface area contributed by atoms with Crippen LogP contribution in [-0.2, 0) is 44.5 Å². The standard InChI is InChI=1S/C51H79BN10O9/c1-6-7-12-32-15-17-33(18-16-32)34-19-21-35(22-20-34)45(65)57-28-25-43(64)59-37(13-8-10-26-53)47(67)60-39(23-24-42(55)63)48(68)62-44(56)49(69)61-38(14-9-11-27-54)46(66)58-31(2)52-70-41-30-36-29-40(50(36,3)4)51(41,5)71-52/h15-22,31,36-41,44H,6-14,23-30,53-54,56H2,1-5H3,(H2,55,63)(H,57,65)(H,58,66)(H,59,64)(H,60,67)(H,61,69)(H,62,68)/t31-,36-,37-,38-,39-,40-,41?,44+,51-/m0/s1. The van der Waals surface area contributed by atoms with Crippen molar-refractivity contribution in [2.24, 2.45) is 40.2 Å². The zero-order valence-corrected chi connectivity index (χ0v) is 42.3. The zero-order chi connectivity index (χ0) is 51.9. The summed E-state index contributed by atoms with van der Waals surface area (Å²) in [6, 6.07) is 11.9. The maximum Gasteiger partial charge on any atom is 0.481 e. The van der Waals surface area contributed by atoms with Gasteiger partial charge in [-0.05, 0) is 144 Å². The first-order valence-electron chi connectivity index (χ1n) is 25.6. The number of hydrogen-bond donors (Lipinski definition) is 10. The first-order chi connectivity index (χ1) is 33.8. The molecule has 3 saturated carbocycles. The van der Waals surface area contributed by atoms with E-state index in [1.54, 1.807) is 19.1 Å². The summed E-state index contributed by atoms with van der Waals surface area (Å²) >= 11 is 0. The van der Waals surface area contributed by atoms with E-state index in [0.29, 0.717) is 56.2 Å². The number of benzene rings is 2. The normalized spacial score (nSPS) is 21.7. The number of carbonyl (C=O) groups excluding carboxylic acids is 7. The Bertz CT molecular complexity index is 2150. The van der Waals surface area contributed by atoms with E-state index >= 15 is 0 Å². The fourth-order valence-electron chi connectivity index (χ4n) is 10.2. The van der Waals surface area contributed by atoms with E-state index in [-0.39, 0.29) is 56.1 Å². The quantitative estimate of drug-likeness (QED) is 0.0318. The average Bonchev–Trinajstić information content (AvgIpc) is 3.71. The summed E-state index contributed by atoms with van der Waals surface area (Å²) < 4.78 is 12.9. The molecule has 1 unspecified atom stereocenters. The Labute approximate surface area is 419 Å². The summed E-state index contributed by atoms with van der Waals surface area (Å²) in [5.41, 5.74) is 26.4. The fourth-order valence-corrected chi connectivity index (χ4v) is 10.2. The van der Waals surface area contributed by atoms with Crippen molar-refractivity contribution in [3.63, 3.8) is 0 Å².